The van der Waals surface area contributed by atoms with Crippen molar-refractivity contribution >= 4 is 16.8 Å². The number of rotatable bonds is 7. The van der Waals surface area contributed by atoms with Gasteiger partial charge < -0.3 is 5.32 Å². The highest BCUT2D eigenvalue weighted by Crippen LogP contribution is 2.37. The standard InChI is InChI=1S/C33H36N2O/c1-3-24-9-11-26(12-10-24)27-13-15-28(16-14-27)29-17-18-30-31(21-23(2)35-32(30)22-29)33(36)34-20-19-25-7-5-4-6-8-25/h4-8,13-18,21-22,24,26H,3,9-12,19-20H2,1-2H3,(H,34,36). The van der Waals surface area contributed by atoms with Crippen molar-refractivity contribution in [3.8, 4) is 11.1 Å². The second kappa shape index (κ2) is 11.1. The van der Waals surface area contributed by atoms with Gasteiger partial charge in [0.25, 0.3) is 5.91 Å². The van der Waals surface area contributed by atoms with E-state index < -0.39 is 0 Å². The normalized spacial score (nSPS) is 17.7. The van der Waals surface area contributed by atoms with E-state index in [1.807, 2.05) is 37.3 Å². The first-order valence-corrected chi connectivity index (χ1v) is 13.4. The Labute approximate surface area is 215 Å². The van der Waals surface area contributed by atoms with Crippen LogP contribution in [-0.2, 0) is 6.42 Å². The summed E-state index contributed by atoms with van der Waals surface area (Å²) in [4.78, 5) is 17.8. The maximum Gasteiger partial charge on any atom is 0.252 e. The van der Waals surface area contributed by atoms with Crippen LogP contribution < -0.4 is 5.32 Å². The molecule has 0 aliphatic heterocycles. The van der Waals surface area contributed by atoms with Crippen LogP contribution in [-0.4, -0.2) is 17.4 Å². The maximum atomic E-state index is 13.0. The van der Waals surface area contributed by atoms with Crippen molar-refractivity contribution in [2.75, 3.05) is 6.54 Å². The first-order valence-electron chi connectivity index (χ1n) is 13.4. The molecule has 36 heavy (non-hydrogen) atoms. The van der Waals surface area contributed by atoms with Gasteiger partial charge in [-0.3, -0.25) is 9.78 Å². The van der Waals surface area contributed by atoms with Crippen molar-refractivity contribution in [3.05, 3.63) is 101 Å². The molecule has 0 unspecified atom stereocenters. The van der Waals surface area contributed by atoms with Crippen LogP contribution >= 0.6 is 0 Å². The molecule has 5 rings (SSSR count). The van der Waals surface area contributed by atoms with E-state index in [9.17, 15) is 4.79 Å². The Morgan fingerprint density at radius 1 is 0.889 bits per heavy atom. The van der Waals surface area contributed by atoms with Crippen LogP contribution in [0.15, 0.2) is 78.9 Å². The third kappa shape index (κ3) is 5.51. The molecular formula is C33H36N2O. The van der Waals surface area contributed by atoms with Gasteiger partial charge in [0.1, 0.15) is 0 Å². The minimum atomic E-state index is -0.0451. The summed E-state index contributed by atoms with van der Waals surface area (Å²) in [5.41, 5.74) is 7.43. The van der Waals surface area contributed by atoms with Crippen molar-refractivity contribution in [3.63, 3.8) is 0 Å². The highest BCUT2D eigenvalue weighted by Gasteiger charge is 2.21. The zero-order chi connectivity index (χ0) is 24.9. The lowest BCUT2D eigenvalue weighted by molar-refractivity contribution is 0.0955. The highest BCUT2D eigenvalue weighted by atomic mass is 16.1. The molecule has 3 aromatic carbocycles. The van der Waals surface area contributed by atoms with Crippen molar-refractivity contribution in [2.24, 2.45) is 5.92 Å². The molecule has 1 aliphatic rings. The van der Waals surface area contributed by atoms with E-state index in [0.717, 1.165) is 34.5 Å². The van der Waals surface area contributed by atoms with Crippen molar-refractivity contribution in [2.45, 2.75) is 58.3 Å². The quantitative estimate of drug-likeness (QED) is 0.295. The van der Waals surface area contributed by atoms with Gasteiger partial charge in [0.15, 0.2) is 0 Å². The zero-order valence-electron chi connectivity index (χ0n) is 21.5. The molecule has 1 N–H and O–H groups in total. The number of amides is 1. The number of nitrogens with one attached hydrogen (secondary N) is 1. The topological polar surface area (TPSA) is 42.0 Å². The van der Waals surface area contributed by atoms with E-state index in [4.69, 9.17) is 4.98 Å². The summed E-state index contributed by atoms with van der Waals surface area (Å²) in [6, 6.07) is 27.5. The number of pyridine rings is 1. The summed E-state index contributed by atoms with van der Waals surface area (Å²) in [5, 5.41) is 3.98. The SMILES string of the molecule is CCC1CCC(c2ccc(-c3ccc4c(C(=O)NCCc5ccccc5)cc(C)nc4c3)cc2)CC1. The number of aromatic nitrogens is 1. The number of carbonyl (C=O) groups excluding carboxylic acids is 1. The minimum Gasteiger partial charge on any atom is -0.352 e. The van der Waals surface area contributed by atoms with Gasteiger partial charge in [-0.25, -0.2) is 0 Å². The Hall–Kier alpha value is -3.46. The fraction of sp³-hybridized carbons (Fsp3) is 0.333. The van der Waals surface area contributed by atoms with Crippen LogP contribution in [0.1, 0.15) is 72.1 Å². The van der Waals surface area contributed by atoms with E-state index in [2.05, 4.69) is 60.8 Å². The van der Waals surface area contributed by atoms with Crippen molar-refractivity contribution in [1.29, 1.82) is 0 Å². The lowest BCUT2D eigenvalue weighted by Gasteiger charge is -2.28. The molecule has 1 amide bonds. The number of aryl methyl sites for hydroxylation is 1. The van der Waals surface area contributed by atoms with Crippen molar-refractivity contribution in [1.82, 2.24) is 10.3 Å². The van der Waals surface area contributed by atoms with Crippen LogP contribution in [0.3, 0.4) is 0 Å². The fourth-order valence-electron chi connectivity index (χ4n) is 5.64. The van der Waals surface area contributed by atoms with Gasteiger partial charge in [-0.2, -0.15) is 0 Å². The summed E-state index contributed by atoms with van der Waals surface area (Å²) in [6.45, 7) is 4.88. The van der Waals surface area contributed by atoms with Gasteiger partial charge in [0.2, 0.25) is 0 Å². The molecule has 0 radical (unpaired) electrons. The number of nitrogens with zero attached hydrogens (tertiary/aromatic N) is 1. The number of benzene rings is 3. The molecule has 1 aromatic heterocycles. The van der Waals surface area contributed by atoms with E-state index in [1.165, 1.54) is 48.8 Å². The molecule has 0 atom stereocenters. The molecule has 0 spiro atoms. The molecule has 1 aliphatic carbocycles. The summed E-state index contributed by atoms with van der Waals surface area (Å²) < 4.78 is 0. The number of fused-ring (bicyclic) bond motifs is 1. The summed E-state index contributed by atoms with van der Waals surface area (Å²) in [5.74, 6) is 1.58. The van der Waals surface area contributed by atoms with E-state index in [1.54, 1.807) is 0 Å². The Morgan fingerprint density at radius 2 is 1.61 bits per heavy atom. The van der Waals surface area contributed by atoms with Crippen molar-refractivity contribution < 1.29 is 4.79 Å². The predicted octanol–water partition coefficient (Wildman–Crippen LogP) is 7.87. The van der Waals surface area contributed by atoms with E-state index in [0.29, 0.717) is 18.0 Å². The lowest BCUT2D eigenvalue weighted by atomic mass is 9.77. The Morgan fingerprint density at radius 3 is 2.33 bits per heavy atom. The average Bonchev–Trinajstić information content (AvgIpc) is 2.93. The Kier molecular flexibility index (Phi) is 7.46. The lowest BCUT2D eigenvalue weighted by Crippen LogP contribution is -2.26. The first-order chi connectivity index (χ1) is 17.6. The second-order valence-corrected chi connectivity index (χ2v) is 10.3. The summed E-state index contributed by atoms with van der Waals surface area (Å²) in [6.07, 6.45) is 7.48. The predicted molar refractivity (Wildman–Crippen MR) is 149 cm³/mol. The van der Waals surface area contributed by atoms with Gasteiger partial charge in [-0.1, -0.05) is 80.1 Å². The molecule has 1 saturated carbocycles. The maximum absolute atomic E-state index is 13.0. The molecular weight excluding hydrogens is 440 g/mol. The van der Waals surface area contributed by atoms with Gasteiger partial charge in [-0.05, 0) is 85.3 Å². The largest absolute Gasteiger partial charge is 0.352 e. The monoisotopic (exact) mass is 476 g/mol. The Bertz CT molecular complexity index is 1320. The van der Waals surface area contributed by atoms with Crippen LogP contribution in [0.25, 0.3) is 22.0 Å². The van der Waals surface area contributed by atoms with Crippen LogP contribution in [0.4, 0.5) is 0 Å². The number of hydrogen-bond acceptors (Lipinski definition) is 2. The van der Waals surface area contributed by atoms with Crippen LogP contribution in [0, 0.1) is 12.8 Å². The molecule has 1 fully saturated rings. The first kappa shape index (κ1) is 24.2. The molecule has 0 saturated heterocycles. The van der Waals surface area contributed by atoms with E-state index >= 15 is 0 Å². The van der Waals surface area contributed by atoms with Crippen LogP contribution in [0.5, 0.6) is 0 Å². The second-order valence-electron chi connectivity index (χ2n) is 10.3. The highest BCUT2D eigenvalue weighted by molar-refractivity contribution is 6.06. The third-order valence-corrected chi connectivity index (χ3v) is 7.86. The third-order valence-electron chi connectivity index (χ3n) is 7.86. The number of hydrogen-bond donors (Lipinski definition) is 1. The van der Waals surface area contributed by atoms with Gasteiger partial charge in [-0.15, -0.1) is 0 Å². The summed E-state index contributed by atoms with van der Waals surface area (Å²) >= 11 is 0. The Balaban J connectivity index is 1.31. The number of carbonyl (C=O) groups is 1. The fourth-order valence-corrected chi connectivity index (χ4v) is 5.64. The van der Waals surface area contributed by atoms with Crippen LogP contribution in [0.2, 0.25) is 0 Å². The molecule has 0 bridgehead atoms. The average molecular weight is 477 g/mol. The van der Waals surface area contributed by atoms with Gasteiger partial charge in [0, 0.05) is 17.6 Å². The molecule has 1 heterocycles. The molecule has 3 heteroatoms. The van der Waals surface area contributed by atoms with Gasteiger partial charge >= 0.3 is 0 Å². The van der Waals surface area contributed by atoms with Gasteiger partial charge in [0.05, 0.1) is 11.1 Å². The minimum absolute atomic E-state index is 0.0451. The summed E-state index contributed by atoms with van der Waals surface area (Å²) in [7, 11) is 0. The molecule has 184 valence electrons. The molecule has 3 nitrogen and oxygen atoms in total. The zero-order valence-corrected chi connectivity index (χ0v) is 21.5. The molecule has 4 aromatic rings. The smallest absolute Gasteiger partial charge is 0.252 e. The van der Waals surface area contributed by atoms with E-state index in [-0.39, 0.29) is 5.91 Å².